The van der Waals surface area contributed by atoms with Gasteiger partial charge in [-0.05, 0) is 24.3 Å². The molecular weight excluding hydrogens is 401 g/mol. The molecule has 4 aromatic heterocycles. The number of furan rings is 1. The summed E-state index contributed by atoms with van der Waals surface area (Å²) in [7, 11) is 0. The number of carbonyl (C=O) groups is 1. The van der Waals surface area contributed by atoms with Gasteiger partial charge in [0.2, 0.25) is 5.95 Å². The molecule has 5 heterocycles. The van der Waals surface area contributed by atoms with Crippen molar-refractivity contribution in [1.82, 2.24) is 19.4 Å². The van der Waals surface area contributed by atoms with E-state index in [-0.39, 0.29) is 24.7 Å². The Hall–Kier alpha value is -4.27. The average Bonchev–Trinajstić information content (AvgIpc) is 3.44. The Kier molecular flexibility index (Phi) is 3.76. The molecule has 1 aliphatic heterocycles. The normalized spacial score (nSPS) is 13.0. The summed E-state index contributed by atoms with van der Waals surface area (Å²) in [5, 5.41) is 3.84. The molecule has 0 radical (unpaired) electrons. The standard InChI is InChI=1S/C22H14FN5O3/c23-16-3-4-18-13(5-7-30-18)14(16)8-25-22-26-9-15-12-2-1-6-24-17(12)10-31-21(29)19-20(15)28(22)11-27-19/h1-7,9,11H,8,10H2,(H,25,26). The van der Waals surface area contributed by atoms with Crippen LogP contribution >= 0.6 is 0 Å². The Bertz CT molecular complexity index is 1490. The molecule has 1 aliphatic rings. The Balaban J connectivity index is 1.47. The molecule has 8 nitrogen and oxygen atoms in total. The predicted octanol–water partition coefficient (Wildman–Crippen LogP) is 3.96. The summed E-state index contributed by atoms with van der Waals surface area (Å²) < 4.78 is 26.9. The van der Waals surface area contributed by atoms with E-state index in [0.717, 1.165) is 11.1 Å². The first kappa shape index (κ1) is 17.6. The number of anilines is 1. The number of nitrogens with one attached hydrogen (secondary N) is 1. The first-order valence-corrected chi connectivity index (χ1v) is 9.56. The number of pyridine rings is 1. The van der Waals surface area contributed by atoms with Crippen LogP contribution in [0.4, 0.5) is 10.3 Å². The van der Waals surface area contributed by atoms with Crippen molar-refractivity contribution in [1.29, 1.82) is 0 Å². The number of esters is 1. The highest BCUT2D eigenvalue weighted by Crippen LogP contribution is 2.33. The van der Waals surface area contributed by atoms with Gasteiger partial charge in [-0.15, -0.1) is 0 Å². The smallest absolute Gasteiger partial charge is 0.359 e. The van der Waals surface area contributed by atoms with Gasteiger partial charge in [0.25, 0.3) is 0 Å². The highest BCUT2D eigenvalue weighted by molar-refractivity contribution is 6.01. The third-order valence-electron chi connectivity index (χ3n) is 5.39. The van der Waals surface area contributed by atoms with Crippen molar-refractivity contribution in [2.75, 3.05) is 5.32 Å². The van der Waals surface area contributed by atoms with E-state index >= 15 is 0 Å². The maximum atomic E-state index is 14.5. The fourth-order valence-corrected chi connectivity index (χ4v) is 3.92. The Morgan fingerprint density at radius 2 is 2.06 bits per heavy atom. The van der Waals surface area contributed by atoms with E-state index in [0.29, 0.717) is 33.7 Å². The molecule has 0 fully saturated rings. The van der Waals surface area contributed by atoms with E-state index in [1.54, 1.807) is 28.9 Å². The van der Waals surface area contributed by atoms with Crippen molar-refractivity contribution in [2.24, 2.45) is 0 Å². The molecule has 0 saturated heterocycles. The zero-order valence-corrected chi connectivity index (χ0v) is 16.0. The maximum Gasteiger partial charge on any atom is 0.359 e. The summed E-state index contributed by atoms with van der Waals surface area (Å²) >= 11 is 0. The zero-order chi connectivity index (χ0) is 20.9. The minimum absolute atomic E-state index is 0.0570. The number of cyclic esters (lactones) is 1. The molecule has 0 aliphatic carbocycles. The monoisotopic (exact) mass is 415 g/mol. The van der Waals surface area contributed by atoms with Crippen LogP contribution in [0.1, 0.15) is 21.7 Å². The van der Waals surface area contributed by atoms with Crippen LogP contribution in [-0.2, 0) is 17.9 Å². The van der Waals surface area contributed by atoms with Gasteiger partial charge < -0.3 is 14.5 Å². The number of hydrogen-bond donors (Lipinski definition) is 1. The number of benzene rings is 1. The Morgan fingerprint density at radius 3 is 3.00 bits per heavy atom. The molecule has 31 heavy (non-hydrogen) atoms. The molecule has 0 saturated carbocycles. The molecule has 9 heteroatoms. The molecule has 152 valence electrons. The fourth-order valence-electron chi connectivity index (χ4n) is 3.92. The summed E-state index contributed by atoms with van der Waals surface area (Å²) in [4.78, 5) is 25.6. The van der Waals surface area contributed by atoms with Crippen LogP contribution in [0.3, 0.4) is 0 Å². The second-order valence-corrected chi connectivity index (χ2v) is 7.09. The summed E-state index contributed by atoms with van der Waals surface area (Å²) in [6.07, 6.45) is 6.34. The number of ether oxygens (including phenoxy) is 1. The summed E-state index contributed by atoms with van der Waals surface area (Å²) in [5.74, 6) is -0.471. The van der Waals surface area contributed by atoms with E-state index in [1.807, 2.05) is 12.1 Å². The largest absolute Gasteiger partial charge is 0.464 e. The minimum atomic E-state index is -0.536. The van der Waals surface area contributed by atoms with Crippen LogP contribution in [0.5, 0.6) is 0 Å². The van der Waals surface area contributed by atoms with Gasteiger partial charge in [0.05, 0.1) is 17.5 Å². The number of aromatic nitrogens is 4. The molecule has 0 unspecified atom stereocenters. The SMILES string of the molecule is O=C1OCc2ncccc2-c2cnc(NCc3c(F)ccc4occc34)n3cnc1c23. The molecule has 5 aromatic rings. The summed E-state index contributed by atoms with van der Waals surface area (Å²) in [6, 6.07) is 8.41. The van der Waals surface area contributed by atoms with Crippen molar-refractivity contribution in [2.45, 2.75) is 13.2 Å². The topological polar surface area (TPSA) is 94.5 Å². The highest BCUT2D eigenvalue weighted by atomic mass is 19.1. The number of halogens is 1. The molecular formula is C22H14FN5O3. The number of fused-ring (bicyclic) bond motifs is 3. The quantitative estimate of drug-likeness (QED) is 0.446. The molecule has 1 aromatic carbocycles. The van der Waals surface area contributed by atoms with Gasteiger partial charge in [-0.1, -0.05) is 6.07 Å². The Labute approximate surface area is 174 Å². The maximum absolute atomic E-state index is 14.5. The second kappa shape index (κ2) is 6.63. The zero-order valence-electron chi connectivity index (χ0n) is 16.0. The van der Waals surface area contributed by atoms with Crippen LogP contribution < -0.4 is 5.32 Å². The lowest BCUT2D eigenvalue weighted by Crippen LogP contribution is -2.13. The summed E-state index contributed by atoms with van der Waals surface area (Å²) in [5.41, 5.74) is 3.99. The van der Waals surface area contributed by atoms with Crippen molar-refractivity contribution < 1.29 is 18.3 Å². The van der Waals surface area contributed by atoms with E-state index < -0.39 is 5.97 Å². The average molecular weight is 415 g/mol. The lowest BCUT2D eigenvalue weighted by Gasteiger charge is -2.16. The van der Waals surface area contributed by atoms with Crippen LogP contribution in [0.25, 0.3) is 27.6 Å². The van der Waals surface area contributed by atoms with Crippen molar-refractivity contribution in [3.63, 3.8) is 0 Å². The van der Waals surface area contributed by atoms with Crippen LogP contribution in [0.2, 0.25) is 0 Å². The molecule has 1 N–H and O–H groups in total. The van der Waals surface area contributed by atoms with E-state index in [4.69, 9.17) is 9.15 Å². The number of hydrogen-bond acceptors (Lipinski definition) is 7. The molecule has 0 amide bonds. The van der Waals surface area contributed by atoms with Gasteiger partial charge in [-0.2, -0.15) is 0 Å². The van der Waals surface area contributed by atoms with Gasteiger partial charge in [0, 0.05) is 41.0 Å². The van der Waals surface area contributed by atoms with Crippen LogP contribution in [-0.4, -0.2) is 25.3 Å². The fraction of sp³-hybridized carbons (Fsp3) is 0.0909. The van der Waals surface area contributed by atoms with Gasteiger partial charge in [-0.25, -0.2) is 19.2 Å². The first-order valence-electron chi connectivity index (χ1n) is 9.56. The number of imidazole rings is 1. The third kappa shape index (κ3) is 2.67. The summed E-state index contributed by atoms with van der Waals surface area (Å²) in [6.45, 7) is 0.224. The van der Waals surface area contributed by atoms with E-state index in [1.165, 1.54) is 18.7 Å². The van der Waals surface area contributed by atoms with Gasteiger partial charge >= 0.3 is 5.97 Å². The van der Waals surface area contributed by atoms with E-state index in [2.05, 4.69) is 20.3 Å². The van der Waals surface area contributed by atoms with Crippen molar-refractivity contribution in [3.8, 4) is 11.1 Å². The van der Waals surface area contributed by atoms with Gasteiger partial charge in [0.15, 0.2) is 5.69 Å². The van der Waals surface area contributed by atoms with Gasteiger partial charge in [0.1, 0.15) is 24.3 Å². The van der Waals surface area contributed by atoms with Crippen LogP contribution in [0.15, 0.2) is 59.7 Å². The molecule has 6 rings (SSSR count). The lowest BCUT2D eigenvalue weighted by atomic mass is 10.0. The second-order valence-electron chi connectivity index (χ2n) is 7.09. The highest BCUT2D eigenvalue weighted by Gasteiger charge is 2.25. The lowest BCUT2D eigenvalue weighted by molar-refractivity contribution is 0.0463. The van der Waals surface area contributed by atoms with E-state index in [9.17, 15) is 9.18 Å². The molecule has 0 spiro atoms. The van der Waals surface area contributed by atoms with Crippen LogP contribution in [0, 0.1) is 5.82 Å². The minimum Gasteiger partial charge on any atom is -0.464 e. The number of carbonyl (C=O) groups excluding carboxylic acids is 1. The number of rotatable bonds is 3. The number of nitrogens with zero attached hydrogens (tertiary/aromatic N) is 4. The Morgan fingerprint density at radius 1 is 1.13 bits per heavy atom. The molecule has 0 bridgehead atoms. The van der Waals surface area contributed by atoms with Crippen molar-refractivity contribution >= 4 is 28.4 Å². The molecule has 0 atom stereocenters. The predicted molar refractivity (Wildman–Crippen MR) is 109 cm³/mol. The first-order chi connectivity index (χ1) is 15.2. The third-order valence-corrected chi connectivity index (χ3v) is 5.39. The van der Waals surface area contributed by atoms with Crippen molar-refractivity contribution in [3.05, 3.63) is 78.1 Å². The van der Waals surface area contributed by atoms with Gasteiger partial charge in [-0.3, -0.25) is 9.38 Å².